The molecule has 3 fully saturated rings. The Morgan fingerprint density at radius 1 is 1.26 bits per heavy atom. The van der Waals surface area contributed by atoms with Crippen molar-refractivity contribution in [3.05, 3.63) is 29.9 Å². The predicted molar refractivity (Wildman–Crippen MR) is 141 cm³/mol. The summed E-state index contributed by atoms with van der Waals surface area (Å²) >= 11 is 0. The number of carbonyl (C=O) groups is 2. The maximum absolute atomic E-state index is 12.3. The number of terminal acetylenes is 1. The average Bonchev–Trinajstić information content (AvgIpc) is 3.49. The van der Waals surface area contributed by atoms with Crippen molar-refractivity contribution in [3.63, 3.8) is 0 Å². The molecule has 4 aliphatic carbocycles. The zero-order chi connectivity index (χ0) is 27.1. The van der Waals surface area contributed by atoms with Gasteiger partial charge in [-0.05, 0) is 80.6 Å². The number of oxime groups is 1. The molecular weight excluding hydrogens is 484 g/mol. The fourth-order valence-corrected chi connectivity index (χ4v) is 8.12. The minimum Gasteiger partial charge on any atom is -0.480 e. The van der Waals surface area contributed by atoms with Gasteiger partial charge in [-0.15, -0.1) is 6.42 Å². The Morgan fingerprint density at radius 2 is 2.05 bits per heavy atom. The third kappa shape index (κ3) is 4.43. The minimum atomic E-state index is -1.13. The quantitative estimate of drug-likeness (QED) is 0.321. The van der Waals surface area contributed by atoms with Gasteiger partial charge < -0.3 is 25.4 Å². The van der Waals surface area contributed by atoms with E-state index in [1.165, 1.54) is 18.1 Å². The summed E-state index contributed by atoms with van der Waals surface area (Å²) < 4.78 is 0. The zero-order valence-corrected chi connectivity index (χ0v) is 22.2. The molecule has 0 bridgehead atoms. The Balaban J connectivity index is 1.20. The van der Waals surface area contributed by atoms with Crippen LogP contribution in [0.3, 0.4) is 0 Å². The van der Waals surface area contributed by atoms with Crippen LogP contribution in [0, 0.1) is 40.9 Å². The number of aromatic nitrogens is 2. The molecule has 3 saturated carbocycles. The first-order chi connectivity index (χ1) is 18.1. The Hall–Kier alpha value is -3.12. The summed E-state index contributed by atoms with van der Waals surface area (Å²) in [4.78, 5) is 35.9. The number of nitrogens with one attached hydrogen (secondary N) is 2. The van der Waals surface area contributed by atoms with Gasteiger partial charge >= 0.3 is 5.97 Å². The monoisotopic (exact) mass is 522 g/mol. The van der Waals surface area contributed by atoms with Gasteiger partial charge in [0.05, 0.1) is 12.0 Å². The highest BCUT2D eigenvalue weighted by atomic mass is 16.6. The van der Waals surface area contributed by atoms with Crippen LogP contribution in [-0.4, -0.2) is 56.0 Å². The molecule has 0 radical (unpaired) electrons. The Labute approximate surface area is 223 Å². The average molecular weight is 523 g/mol. The molecule has 0 saturated heterocycles. The normalized spacial score (nSPS) is 37.7. The molecule has 0 spiro atoms. The molecule has 204 valence electrons. The summed E-state index contributed by atoms with van der Waals surface area (Å²) in [6.45, 7) is 4.25. The molecule has 5 rings (SSSR count). The molecule has 1 aromatic heterocycles. The van der Waals surface area contributed by atoms with Crippen molar-refractivity contribution in [2.75, 3.05) is 6.61 Å². The fraction of sp³-hybridized carbons (Fsp3) is 0.655. The van der Waals surface area contributed by atoms with Gasteiger partial charge in [-0.3, -0.25) is 4.79 Å². The molecule has 1 amide bonds. The molecule has 7 atom stereocenters. The molecule has 0 aliphatic heterocycles. The summed E-state index contributed by atoms with van der Waals surface area (Å²) in [6.07, 6.45) is 18.6. The van der Waals surface area contributed by atoms with E-state index in [1.54, 1.807) is 0 Å². The number of rotatable bonds is 7. The van der Waals surface area contributed by atoms with Gasteiger partial charge in [0, 0.05) is 23.7 Å². The third-order valence-corrected chi connectivity index (χ3v) is 10.4. The maximum atomic E-state index is 12.3. The van der Waals surface area contributed by atoms with Gasteiger partial charge in [-0.2, -0.15) is 0 Å². The molecule has 4 aliphatic rings. The molecular formula is C29H38N4O5. The number of aliphatic carboxylic acids is 1. The Morgan fingerprint density at radius 3 is 2.76 bits per heavy atom. The summed E-state index contributed by atoms with van der Waals surface area (Å²) in [5.74, 6) is 2.68. The van der Waals surface area contributed by atoms with Gasteiger partial charge in [0.1, 0.15) is 11.6 Å². The molecule has 9 heteroatoms. The van der Waals surface area contributed by atoms with Crippen LogP contribution >= 0.6 is 0 Å². The van der Waals surface area contributed by atoms with E-state index in [4.69, 9.17) is 11.3 Å². The summed E-state index contributed by atoms with van der Waals surface area (Å²) in [6, 6.07) is -1.08. The largest absolute Gasteiger partial charge is 0.480 e. The summed E-state index contributed by atoms with van der Waals surface area (Å²) in [7, 11) is 0. The van der Waals surface area contributed by atoms with Crippen molar-refractivity contribution in [3.8, 4) is 12.3 Å². The number of imidazole rings is 1. The number of H-pyrrole nitrogens is 1. The molecule has 1 aromatic rings. The summed E-state index contributed by atoms with van der Waals surface area (Å²) in [5.41, 5.74) is 1.75. The van der Waals surface area contributed by atoms with E-state index in [2.05, 4.69) is 46.3 Å². The van der Waals surface area contributed by atoms with Gasteiger partial charge in [0.2, 0.25) is 0 Å². The second-order valence-electron chi connectivity index (χ2n) is 12.1. The first-order valence-corrected chi connectivity index (χ1v) is 13.7. The highest BCUT2D eigenvalue weighted by molar-refractivity contribution is 5.96. The van der Waals surface area contributed by atoms with Crippen molar-refractivity contribution in [2.45, 2.75) is 83.3 Å². The maximum Gasteiger partial charge on any atom is 0.326 e. The van der Waals surface area contributed by atoms with E-state index in [9.17, 15) is 19.8 Å². The molecule has 0 aromatic carbocycles. The lowest BCUT2D eigenvalue weighted by atomic mass is 9.46. The number of allylic oxidation sites excluding steroid dienone is 2. The predicted octanol–water partition coefficient (Wildman–Crippen LogP) is 3.22. The number of amides is 1. The molecule has 4 N–H and O–H groups in total. The highest BCUT2D eigenvalue weighted by Crippen LogP contribution is 2.67. The minimum absolute atomic E-state index is 0.0961. The van der Waals surface area contributed by atoms with E-state index < -0.39 is 23.5 Å². The number of hydrogen-bond acceptors (Lipinski definition) is 6. The molecule has 1 heterocycles. The summed E-state index contributed by atoms with van der Waals surface area (Å²) in [5, 5.41) is 27.3. The first kappa shape index (κ1) is 26.5. The standard InChI is InChI=1S/C29H38N4O5/c1-4-29(37)12-9-23-21-6-5-18-13-19(7-10-27(18,2)22(21)8-11-28(23,29)3)33-38-16-25(34)32-24(26(35)36)14-20-15-30-17-31-20/h1,13,15,17,21-24,37H,5-12,14,16H2,2-3H3,(H,30,31)(H,32,34)(H,35,36)/b33-19-/t21-,22+,23+,24+,27+,28+,29-/m1/s1. The second-order valence-corrected chi connectivity index (χ2v) is 12.1. The zero-order valence-electron chi connectivity index (χ0n) is 22.2. The van der Waals surface area contributed by atoms with Gasteiger partial charge in [0.25, 0.3) is 5.91 Å². The number of carboxylic acids is 1. The lowest BCUT2D eigenvalue weighted by Crippen LogP contribution is -2.54. The number of carboxylic acid groups (broad SMARTS) is 1. The van der Waals surface area contributed by atoms with Crippen molar-refractivity contribution in [1.82, 2.24) is 15.3 Å². The van der Waals surface area contributed by atoms with Crippen molar-refractivity contribution >= 4 is 17.6 Å². The van der Waals surface area contributed by atoms with Gasteiger partial charge in [0.15, 0.2) is 6.61 Å². The number of hydrogen-bond donors (Lipinski definition) is 4. The Bertz CT molecular complexity index is 1190. The third-order valence-electron chi connectivity index (χ3n) is 10.4. The molecule has 9 nitrogen and oxygen atoms in total. The lowest BCUT2D eigenvalue weighted by molar-refractivity contribution is -0.142. The van der Waals surface area contributed by atoms with Crippen molar-refractivity contribution < 1.29 is 24.6 Å². The van der Waals surface area contributed by atoms with E-state index in [-0.39, 0.29) is 23.9 Å². The van der Waals surface area contributed by atoms with Gasteiger partial charge in [-0.1, -0.05) is 30.5 Å². The Kier molecular flexibility index (Phi) is 6.89. The van der Waals surface area contributed by atoms with E-state index >= 15 is 0 Å². The first-order valence-electron chi connectivity index (χ1n) is 13.7. The highest BCUT2D eigenvalue weighted by Gasteiger charge is 2.63. The van der Waals surface area contributed by atoms with Crippen molar-refractivity contribution in [1.29, 1.82) is 0 Å². The molecule has 0 unspecified atom stereocenters. The van der Waals surface area contributed by atoms with E-state index in [0.29, 0.717) is 29.9 Å². The number of carbonyl (C=O) groups excluding carboxylic acids is 1. The molecule has 38 heavy (non-hydrogen) atoms. The van der Waals surface area contributed by atoms with Crippen LogP contribution < -0.4 is 5.32 Å². The second kappa shape index (κ2) is 9.88. The lowest BCUT2D eigenvalue weighted by Gasteiger charge is -2.58. The van der Waals surface area contributed by atoms with Crippen LogP contribution in [0.5, 0.6) is 0 Å². The fourth-order valence-electron chi connectivity index (χ4n) is 8.12. The van der Waals surface area contributed by atoms with Crippen LogP contribution in [-0.2, 0) is 20.8 Å². The number of aliphatic hydroxyl groups is 1. The SMILES string of the molecule is C#C[C@@]1(O)CC[C@H]2[C@@H]3CCC4=C/C(=N\OCC(=O)N[C@@H](Cc5cnc[nH]5)C(=O)O)CC[C@]4(C)[C@H]3CC[C@@]21C. The van der Waals surface area contributed by atoms with Crippen LogP contribution in [0.15, 0.2) is 29.3 Å². The van der Waals surface area contributed by atoms with E-state index in [1.807, 2.05) is 0 Å². The van der Waals surface area contributed by atoms with Crippen LogP contribution in [0.1, 0.15) is 70.9 Å². The van der Waals surface area contributed by atoms with E-state index in [0.717, 1.165) is 50.7 Å². The number of nitrogens with zero attached hydrogens (tertiary/aromatic N) is 2. The number of aromatic amines is 1. The smallest absolute Gasteiger partial charge is 0.326 e. The van der Waals surface area contributed by atoms with Crippen LogP contribution in [0.25, 0.3) is 0 Å². The van der Waals surface area contributed by atoms with Crippen molar-refractivity contribution in [2.24, 2.45) is 33.7 Å². The number of fused-ring (bicyclic) bond motifs is 5. The van der Waals surface area contributed by atoms with Crippen LogP contribution in [0.4, 0.5) is 0 Å². The van der Waals surface area contributed by atoms with Gasteiger partial charge in [-0.25, -0.2) is 9.78 Å². The topological polar surface area (TPSA) is 137 Å². The van der Waals surface area contributed by atoms with Crippen LogP contribution in [0.2, 0.25) is 0 Å².